The second-order valence-electron chi connectivity index (χ2n) is 30.4. The fourth-order valence-electron chi connectivity index (χ4n) is 13.8. The third-order valence-electron chi connectivity index (χ3n) is 20.7. The number of thiophene rings is 4. The van der Waals surface area contributed by atoms with Gasteiger partial charge in [0, 0.05) is 196 Å². The van der Waals surface area contributed by atoms with Crippen molar-refractivity contribution < 1.29 is 65.9 Å². The monoisotopic (exact) mass is 1870 g/mol. The summed E-state index contributed by atoms with van der Waals surface area (Å²) in [6, 6.07) is 74.2. The lowest BCUT2D eigenvalue weighted by Gasteiger charge is -2.27. The van der Waals surface area contributed by atoms with Crippen LogP contribution in [-0.2, 0) is 102 Å². The van der Waals surface area contributed by atoms with Crippen LogP contribution in [-0.4, -0.2) is 116 Å². The molecule has 1 aliphatic rings. The topological polar surface area (TPSA) is 299 Å². The summed E-state index contributed by atoms with van der Waals surface area (Å²) in [7, 11) is 1.92. The molecule has 133 heavy (non-hydrogen) atoms. The smallest absolute Gasteiger partial charge is 0.137 e. The van der Waals surface area contributed by atoms with Crippen molar-refractivity contribution in [2.75, 3.05) is 31.2 Å². The Kier molecular flexibility index (Phi) is 39.2. The molecule has 15 heterocycles. The normalized spacial score (nSPS) is 11.5. The molecule has 1 fully saturated rings. The van der Waals surface area contributed by atoms with Crippen molar-refractivity contribution in [3.05, 3.63) is 320 Å². The molecular weight excluding hydrogens is 1770 g/mol. The van der Waals surface area contributed by atoms with Crippen molar-refractivity contribution in [2.24, 2.45) is 7.05 Å². The molecule has 0 radical (unpaired) electrons. The van der Waals surface area contributed by atoms with Crippen LogP contribution < -0.4 is 4.90 Å². The van der Waals surface area contributed by atoms with E-state index in [0.29, 0.717) is 77.0 Å². The minimum absolute atomic E-state index is 0.459. The number of benzene rings is 4. The number of furan rings is 4. The maximum atomic E-state index is 10.4. The quantitative estimate of drug-likeness (QED) is 0.0361. The van der Waals surface area contributed by atoms with E-state index in [-0.39, 0.29) is 0 Å². The molecule has 0 amide bonds. The summed E-state index contributed by atoms with van der Waals surface area (Å²) in [5.41, 5.74) is 11.3. The Morgan fingerprint density at radius 1 is 0.429 bits per heavy atom. The highest BCUT2D eigenvalue weighted by Gasteiger charge is 2.16. The Labute approximate surface area is 791 Å². The average Bonchev–Trinajstić information content (AvgIpc) is 1.67. The number of pyridine rings is 2. The predicted octanol–water partition coefficient (Wildman–Crippen LogP) is 23.9. The van der Waals surface area contributed by atoms with Crippen LogP contribution in [0.3, 0.4) is 0 Å². The van der Waals surface area contributed by atoms with Crippen LogP contribution in [0.1, 0.15) is 118 Å². The largest absolute Gasteiger partial charge is 0.461 e. The number of aromatic amines is 1. The second kappa shape index (κ2) is 53.0. The highest BCUT2D eigenvalue weighted by Crippen LogP contribution is 2.35. The number of aryl methyl sites for hydroxylation is 10. The molecule has 1 saturated heterocycles. The average molecular weight is 1870 g/mol. The number of H-pyrrole nitrogens is 1. The maximum Gasteiger partial charge on any atom is 0.137 e. The molecule has 682 valence electrons. The standard InChI is InChI=1S/C15H14N2O2.C15H13NO2.C15H16O3.C14H12N2O2.C13H12OS.C12H11NOS.C11H15NO2S.C11H11NOS2/c1-17-14-6-4-11(9-12(14)10-16-17)15-7-5-13(19-15)3-2-8-18;17-9-1-2-13-4-6-15(18-13)12-3-5-14-11(10-12)7-8-16-14;1-11(17)12-4-6-13(7-5-12)15-9-8-14(18-15)3-2-10-16;17-9-1-2-12-3-4-13(18-12)11-5-7-16-8-6-15-14(16)10-11;14-10-4-7-12-8-9-13(15-12)11-5-2-1-3-6-11;14-9-3-4-10-6-7-12(15-10)11-5-1-2-8-13-11;13-7-1-2-10-3-4-11(15-10)12-5-8-14-9-6-12;1-8-12-10(7-14-8)11-5-4-9(15-11)3-2-6-13/h4-10H,2-3H2,1H3;3-10,16H,1-2H2;4-11,17H,2-3H2,1H3;3-10H,1-2H2;1-3,5-6,8-10H,4,7H2;1-2,5-9H,3-4H2;3-4,7H,1-2,5-6,8-9H2;4-7H,2-3H2,1H3. The minimum Gasteiger partial charge on any atom is -0.461 e. The van der Waals surface area contributed by atoms with E-state index in [1.807, 2.05) is 200 Å². The number of aldehydes is 8. The molecule has 0 spiro atoms. The van der Waals surface area contributed by atoms with Gasteiger partial charge in [-0.25, -0.2) is 9.97 Å². The van der Waals surface area contributed by atoms with Crippen LogP contribution in [0.25, 0.3) is 104 Å². The number of thiazole rings is 1. The van der Waals surface area contributed by atoms with Gasteiger partial charge in [0.15, 0.2) is 0 Å². The van der Waals surface area contributed by atoms with Crippen LogP contribution >= 0.6 is 56.7 Å². The van der Waals surface area contributed by atoms with E-state index >= 15 is 0 Å². The summed E-state index contributed by atoms with van der Waals surface area (Å²) in [4.78, 5) is 109. The molecular formula is C106H104N8O14S5. The van der Waals surface area contributed by atoms with E-state index in [9.17, 15) is 43.5 Å². The van der Waals surface area contributed by atoms with Crippen LogP contribution in [0.15, 0.2) is 285 Å². The van der Waals surface area contributed by atoms with E-state index in [1.165, 1.54) is 45.2 Å². The van der Waals surface area contributed by atoms with Gasteiger partial charge in [-0.1, -0.05) is 60.7 Å². The van der Waals surface area contributed by atoms with Crippen molar-refractivity contribution >= 4 is 139 Å². The predicted molar refractivity (Wildman–Crippen MR) is 532 cm³/mol. The second-order valence-corrected chi connectivity index (χ2v) is 36.1. The zero-order valence-corrected chi connectivity index (χ0v) is 78.3. The highest BCUT2D eigenvalue weighted by atomic mass is 32.1. The van der Waals surface area contributed by atoms with Crippen molar-refractivity contribution in [1.29, 1.82) is 0 Å². The molecule has 19 rings (SSSR count). The lowest BCUT2D eigenvalue weighted by molar-refractivity contribution is -0.108. The number of rotatable bonds is 33. The van der Waals surface area contributed by atoms with Crippen LogP contribution in [0.4, 0.5) is 5.00 Å². The van der Waals surface area contributed by atoms with Gasteiger partial charge in [0.1, 0.15) is 102 Å². The van der Waals surface area contributed by atoms with Gasteiger partial charge in [-0.3, -0.25) is 9.67 Å². The molecule has 27 heteroatoms. The Morgan fingerprint density at radius 2 is 0.902 bits per heavy atom. The third-order valence-corrected chi connectivity index (χ3v) is 26.3. The fourth-order valence-corrected chi connectivity index (χ4v) is 18.6. The summed E-state index contributed by atoms with van der Waals surface area (Å²) in [5.74, 6) is 6.61. The molecule has 14 aromatic heterocycles. The number of ether oxygens (including phenoxy) is 1. The molecule has 2 N–H and O–H groups in total. The van der Waals surface area contributed by atoms with Crippen molar-refractivity contribution in [3.8, 4) is 76.9 Å². The van der Waals surface area contributed by atoms with Gasteiger partial charge in [-0.05, 0) is 214 Å². The molecule has 18 aromatic rings. The lowest BCUT2D eigenvalue weighted by atomic mass is 10.1. The van der Waals surface area contributed by atoms with Gasteiger partial charge in [0.05, 0.1) is 62.2 Å². The SMILES string of the molecule is CC(O)c1ccc(-c2ccc(CCC=O)o2)cc1.Cc1nc(-c2ccc(CCC=O)s2)cs1.Cn1ncc2cc(-c3ccc(CCC=O)o3)ccc21.O=CCCc1ccc(-c2ccc3[nH]ccc3c2)o1.O=CCCc1ccc(-c2ccccc2)s1.O=CCCc1ccc(-c2ccccn2)s1.O=CCCc1ccc(-c2ccn3ccnc3c2)o1.O=CCCc1ccc(N2CCOCC2)s1. The summed E-state index contributed by atoms with van der Waals surface area (Å²) < 4.78 is 31.9. The number of morpholine rings is 1. The fraction of sp³-hybridized carbons (Fsp3) is 0.226. The van der Waals surface area contributed by atoms with Gasteiger partial charge in [0.25, 0.3) is 0 Å². The number of hydrogen-bond donors (Lipinski definition) is 2. The molecule has 0 saturated carbocycles. The summed E-state index contributed by atoms with van der Waals surface area (Å²) in [6.07, 6.45) is 28.6. The molecule has 0 aliphatic carbocycles. The number of fused-ring (bicyclic) bond motifs is 3. The van der Waals surface area contributed by atoms with Gasteiger partial charge >= 0.3 is 0 Å². The number of hydrogen-bond acceptors (Lipinski definition) is 24. The van der Waals surface area contributed by atoms with Gasteiger partial charge in [-0.2, -0.15) is 5.10 Å². The van der Waals surface area contributed by atoms with Crippen molar-refractivity contribution in [1.82, 2.24) is 34.1 Å². The summed E-state index contributed by atoms with van der Waals surface area (Å²) in [6.45, 7) is 7.35. The zero-order chi connectivity index (χ0) is 93.1. The first-order chi connectivity index (χ1) is 65.2. The van der Waals surface area contributed by atoms with Crippen LogP contribution in [0, 0.1) is 6.92 Å². The zero-order valence-electron chi connectivity index (χ0n) is 74.2. The van der Waals surface area contributed by atoms with E-state index in [4.69, 9.17) is 22.4 Å². The number of nitrogens with zero attached hydrogens (tertiary/aromatic N) is 7. The molecule has 1 unspecified atom stereocenters. The number of carbonyl (C=O) groups is 8. The van der Waals surface area contributed by atoms with Crippen molar-refractivity contribution in [2.45, 2.75) is 123 Å². The molecule has 0 bridgehead atoms. The van der Waals surface area contributed by atoms with Crippen LogP contribution in [0.5, 0.6) is 0 Å². The van der Waals surface area contributed by atoms with Gasteiger partial charge < -0.3 is 80.2 Å². The lowest BCUT2D eigenvalue weighted by Crippen LogP contribution is -2.35. The number of carbonyl (C=O) groups excluding carboxylic acids is 8. The van der Waals surface area contributed by atoms with E-state index in [1.54, 1.807) is 76.0 Å². The van der Waals surface area contributed by atoms with Gasteiger partial charge in [-0.15, -0.1) is 56.7 Å². The number of nitrogens with one attached hydrogen (secondary N) is 1. The molecule has 1 atom stereocenters. The van der Waals surface area contributed by atoms with E-state index in [0.717, 1.165) is 220 Å². The first-order valence-corrected chi connectivity index (χ1v) is 48.0. The third kappa shape index (κ3) is 30.5. The number of aliphatic hydroxyl groups is 1. The maximum absolute atomic E-state index is 10.4. The van der Waals surface area contributed by atoms with E-state index < -0.39 is 6.10 Å². The van der Waals surface area contributed by atoms with E-state index in [2.05, 4.69) is 108 Å². The number of imidazole rings is 1. The number of anilines is 1. The number of aliphatic hydroxyl groups excluding tert-OH is 1. The molecule has 4 aromatic carbocycles. The van der Waals surface area contributed by atoms with Gasteiger partial charge in [0.2, 0.25) is 0 Å². The highest BCUT2D eigenvalue weighted by molar-refractivity contribution is 7.17. The van der Waals surface area contributed by atoms with Crippen LogP contribution in [0.2, 0.25) is 0 Å². The van der Waals surface area contributed by atoms with Crippen molar-refractivity contribution in [3.63, 3.8) is 0 Å². The molecule has 1 aliphatic heterocycles. The Balaban J connectivity index is 0.000000137. The Bertz CT molecular complexity index is 6380. The Hall–Kier alpha value is -13.6. The Morgan fingerprint density at radius 3 is 1.42 bits per heavy atom. The minimum atomic E-state index is -0.459. The first kappa shape index (κ1) is 98.4. The first-order valence-electron chi connectivity index (χ1n) is 43.8. The summed E-state index contributed by atoms with van der Waals surface area (Å²) >= 11 is 8.65. The number of aromatic nitrogens is 7. The molecule has 22 nitrogen and oxygen atoms in total. The summed E-state index contributed by atoms with van der Waals surface area (Å²) in [5, 5.41) is 20.4.